The SMILES string of the molecule is COC(=O)c1csc(C(NC(=O)OC(C)(C)C)C(C)C)n1. The Morgan fingerprint density at radius 3 is 2.43 bits per heavy atom. The molecule has 118 valence electrons. The highest BCUT2D eigenvalue weighted by molar-refractivity contribution is 7.09. The third-order valence-electron chi connectivity index (χ3n) is 2.52. The van der Waals surface area contributed by atoms with Crippen molar-refractivity contribution in [2.45, 2.75) is 46.3 Å². The van der Waals surface area contributed by atoms with E-state index < -0.39 is 17.7 Å². The molecular weight excluding hydrogens is 292 g/mol. The normalized spacial score (nSPS) is 12.9. The van der Waals surface area contributed by atoms with Crippen molar-refractivity contribution >= 4 is 23.4 Å². The van der Waals surface area contributed by atoms with Crippen LogP contribution in [-0.2, 0) is 9.47 Å². The number of carbonyl (C=O) groups excluding carboxylic acids is 2. The fourth-order valence-corrected chi connectivity index (χ4v) is 2.59. The minimum absolute atomic E-state index is 0.106. The largest absolute Gasteiger partial charge is 0.464 e. The molecule has 0 aliphatic rings. The Morgan fingerprint density at radius 2 is 1.95 bits per heavy atom. The quantitative estimate of drug-likeness (QED) is 0.864. The Labute approximate surface area is 128 Å². The fraction of sp³-hybridized carbons (Fsp3) is 0.643. The molecule has 0 radical (unpaired) electrons. The summed E-state index contributed by atoms with van der Waals surface area (Å²) < 4.78 is 9.88. The summed E-state index contributed by atoms with van der Waals surface area (Å²) in [5.74, 6) is -0.383. The smallest absolute Gasteiger partial charge is 0.408 e. The van der Waals surface area contributed by atoms with Gasteiger partial charge in [0.2, 0.25) is 0 Å². The van der Waals surface area contributed by atoms with Gasteiger partial charge in [-0.25, -0.2) is 14.6 Å². The minimum atomic E-state index is -0.564. The van der Waals surface area contributed by atoms with Crippen molar-refractivity contribution in [2.24, 2.45) is 5.92 Å². The molecular formula is C14H22N2O4S. The van der Waals surface area contributed by atoms with Gasteiger partial charge in [0.25, 0.3) is 0 Å². The first-order valence-electron chi connectivity index (χ1n) is 6.67. The van der Waals surface area contributed by atoms with Gasteiger partial charge in [-0.3, -0.25) is 0 Å². The molecule has 0 saturated carbocycles. The van der Waals surface area contributed by atoms with Gasteiger partial charge in [0.15, 0.2) is 5.69 Å². The number of amides is 1. The number of methoxy groups -OCH3 is 1. The number of nitrogens with one attached hydrogen (secondary N) is 1. The first-order chi connectivity index (χ1) is 9.64. The number of aromatic nitrogens is 1. The second-order valence-corrected chi connectivity index (χ2v) is 6.82. The van der Waals surface area contributed by atoms with Gasteiger partial charge in [0, 0.05) is 5.38 Å². The Balaban J connectivity index is 2.85. The third-order valence-corrected chi connectivity index (χ3v) is 3.45. The Kier molecular flexibility index (Phi) is 5.71. The van der Waals surface area contributed by atoms with E-state index in [0.717, 1.165) is 0 Å². The lowest BCUT2D eigenvalue weighted by molar-refractivity contribution is 0.0489. The van der Waals surface area contributed by atoms with Crippen LogP contribution in [0, 0.1) is 5.92 Å². The standard InChI is InChI=1S/C14H22N2O4S/c1-8(2)10(16-13(18)20-14(3,4)5)11-15-9(7-21-11)12(17)19-6/h7-8,10H,1-6H3,(H,16,18). The Hall–Kier alpha value is -1.63. The van der Waals surface area contributed by atoms with E-state index in [9.17, 15) is 9.59 Å². The number of esters is 1. The van der Waals surface area contributed by atoms with Crippen LogP contribution in [0.15, 0.2) is 5.38 Å². The Bertz CT molecular complexity index is 505. The van der Waals surface area contributed by atoms with Crippen LogP contribution >= 0.6 is 11.3 Å². The summed E-state index contributed by atoms with van der Waals surface area (Å²) in [5, 5.41) is 5.06. The molecule has 1 unspecified atom stereocenters. The molecule has 1 heterocycles. The van der Waals surface area contributed by atoms with E-state index in [-0.39, 0.29) is 17.7 Å². The highest BCUT2D eigenvalue weighted by Crippen LogP contribution is 2.25. The lowest BCUT2D eigenvalue weighted by atomic mass is 10.1. The number of hydrogen-bond donors (Lipinski definition) is 1. The highest BCUT2D eigenvalue weighted by atomic mass is 32.1. The fourth-order valence-electron chi connectivity index (χ4n) is 1.58. The van der Waals surface area contributed by atoms with Crippen LogP contribution in [0.4, 0.5) is 4.79 Å². The number of ether oxygens (including phenoxy) is 2. The van der Waals surface area contributed by atoms with Crippen LogP contribution < -0.4 is 5.32 Å². The summed E-state index contributed by atoms with van der Waals surface area (Å²) in [7, 11) is 1.31. The summed E-state index contributed by atoms with van der Waals surface area (Å²) in [6.45, 7) is 9.32. The van der Waals surface area contributed by atoms with Crippen LogP contribution in [-0.4, -0.2) is 29.8 Å². The van der Waals surface area contributed by atoms with Gasteiger partial charge < -0.3 is 14.8 Å². The van der Waals surface area contributed by atoms with Crippen LogP contribution in [0.3, 0.4) is 0 Å². The number of thiazole rings is 1. The summed E-state index contributed by atoms with van der Waals surface area (Å²) >= 11 is 1.31. The number of nitrogens with zero attached hydrogens (tertiary/aromatic N) is 1. The average molecular weight is 314 g/mol. The summed E-state index contributed by atoms with van der Waals surface area (Å²) in [6, 6.07) is -0.316. The lowest BCUT2D eigenvalue weighted by Crippen LogP contribution is -2.36. The molecule has 1 rings (SSSR count). The van der Waals surface area contributed by atoms with Gasteiger partial charge in [-0.15, -0.1) is 11.3 Å². The number of alkyl carbamates (subject to hydrolysis) is 1. The van der Waals surface area contributed by atoms with Crippen molar-refractivity contribution < 1.29 is 19.1 Å². The average Bonchev–Trinajstić information content (AvgIpc) is 2.81. The van der Waals surface area contributed by atoms with Crippen molar-refractivity contribution in [3.8, 4) is 0 Å². The first kappa shape index (κ1) is 17.4. The summed E-state index contributed by atoms with van der Waals surface area (Å²) in [4.78, 5) is 27.6. The molecule has 0 fully saturated rings. The molecule has 6 nitrogen and oxygen atoms in total. The van der Waals surface area contributed by atoms with Crippen LogP contribution in [0.25, 0.3) is 0 Å². The maximum absolute atomic E-state index is 11.9. The Morgan fingerprint density at radius 1 is 1.33 bits per heavy atom. The van der Waals surface area contributed by atoms with Crippen molar-refractivity contribution in [2.75, 3.05) is 7.11 Å². The second kappa shape index (κ2) is 6.89. The van der Waals surface area contributed by atoms with E-state index >= 15 is 0 Å². The van der Waals surface area contributed by atoms with E-state index in [2.05, 4.69) is 15.0 Å². The monoisotopic (exact) mass is 314 g/mol. The van der Waals surface area contributed by atoms with Crippen molar-refractivity contribution in [1.82, 2.24) is 10.3 Å². The third kappa shape index (κ3) is 5.34. The maximum Gasteiger partial charge on any atom is 0.408 e. The predicted molar refractivity (Wildman–Crippen MR) is 80.4 cm³/mol. The van der Waals surface area contributed by atoms with Crippen molar-refractivity contribution in [3.63, 3.8) is 0 Å². The molecule has 1 aromatic heterocycles. The molecule has 1 N–H and O–H groups in total. The van der Waals surface area contributed by atoms with Crippen LogP contribution in [0.2, 0.25) is 0 Å². The van der Waals surface area contributed by atoms with E-state index in [1.54, 1.807) is 26.2 Å². The molecule has 1 atom stereocenters. The predicted octanol–water partition coefficient (Wildman–Crippen LogP) is 3.15. The van der Waals surface area contributed by atoms with Gasteiger partial charge in [-0.1, -0.05) is 13.8 Å². The molecule has 7 heteroatoms. The van der Waals surface area contributed by atoms with Gasteiger partial charge >= 0.3 is 12.1 Å². The van der Waals surface area contributed by atoms with Gasteiger partial charge in [0.05, 0.1) is 13.2 Å². The van der Waals surface area contributed by atoms with Crippen LogP contribution in [0.1, 0.15) is 56.2 Å². The summed E-state index contributed by atoms with van der Waals surface area (Å²) in [6.07, 6.45) is -0.504. The van der Waals surface area contributed by atoms with E-state index in [4.69, 9.17) is 4.74 Å². The van der Waals surface area contributed by atoms with E-state index in [1.807, 2.05) is 13.8 Å². The van der Waals surface area contributed by atoms with E-state index in [1.165, 1.54) is 18.4 Å². The maximum atomic E-state index is 11.9. The van der Waals surface area contributed by atoms with Crippen molar-refractivity contribution in [1.29, 1.82) is 0 Å². The molecule has 0 aromatic carbocycles. The zero-order valence-electron chi connectivity index (χ0n) is 13.2. The highest BCUT2D eigenvalue weighted by Gasteiger charge is 2.25. The molecule has 0 saturated heterocycles. The number of rotatable bonds is 4. The zero-order valence-corrected chi connectivity index (χ0v) is 14.0. The molecule has 0 aliphatic heterocycles. The van der Waals surface area contributed by atoms with Crippen molar-refractivity contribution in [3.05, 3.63) is 16.1 Å². The minimum Gasteiger partial charge on any atom is -0.464 e. The van der Waals surface area contributed by atoms with Gasteiger partial charge in [0.1, 0.15) is 10.6 Å². The summed E-state index contributed by atoms with van der Waals surface area (Å²) in [5.41, 5.74) is -0.319. The number of hydrogen-bond acceptors (Lipinski definition) is 6. The second-order valence-electron chi connectivity index (χ2n) is 5.93. The molecule has 0 aliphatic carbocycles. The van der Waals surface area contributed by atoms with Gasteiger partial charge in [-0.2, -0.15) is 0 Å². The number of carbonyl (C=O) groups is 2. The topological polar surface area (TPSA) is 77.5 Å². The molecule has 21 heavy (non-hydrogen) atoms. The molecule has 0 bridgehead atoms. The van der Waals surface area contributed by atoms with Gasteiger partial charge in [-0.05, 0) is 26.7 Å². The first-order valence-corrected chi connectivity index (χ1v) is 7.55. The molecule has 0 spiro atoms. The van der Waals surface area contributed by atoms with E-state index in [0.29, 0.717) is 5.01 Å². The lowest BCUT2D eigenvalue weighted by Gasteiger charge is -2.24. The van der Waals surface area contributed by atoms with Crippen LogP contribution in [0.5, 0.6) is 0 Å². The molecule has 1 aromatic rings. The molecule has 1 amide bonds. The zero-order chi connectivity index (χ0) is 16.2.